The van der Waals surface area contributed by atoms with Gasteiger partial charge in [-0.25, -0.2) is 0 Å². The summed E-state index contributed by atoms with van der Waals surface area (Å²) in [5.41, 5.74) is 4.46. The van der Waals surface area contributed by atoms with E-state index in [4.69, 9.17) is 14.6 Å². The maximum atomic E-state index is 13.0. The molecular formula is C34H51N3O4. The van der Waals surface area contributed by atoms with Crippen molar-refractivity contribution in [1.29, 1.82) is 0 Å². The third-order valence-electron chi connectivity index (χ3n) is 7.62. The van der Waals surface area contributed by atoms with Gasteiger partial charge < -0.3 is 24.2 Å². The van der Waals surface area contributed by atoms with Crippen LogP contribution in [0, 0.1) is 6.92 Å². The summed E-state index contributed by atoms with van der Waals surface area (Å²) in [6.07, 6.45) is 6.71. The number of carbonyl (C=O) groups is 2. The number of rotatable bonds is 11. The monoisotopic (exact) mass is 565 g/mol. The number of ether oxygens (including phenoxy) is 1. The molecule has 1 amide bonds. The zero-order chi connectivity index (χ0) is 30.2. The van der Waals surface area contributed by atoms with E-state index in [1.165, 1.54) is 31.5 Å². The molecule has 7 nitrogen and oxygen atoms in total. The summed E-state index contributed by atoms with van der Waals surface area (Å²) in [5, 5.41) is 7.97. The molecule has 1 saturated heterocycles. The molecule has 1 aliphatic rings. The second-order valence-corrected chi connectivity index (χ2v) is 10.7. The highest BCUT2D eigenvalue weighted by Crippen LogP contribution is 2.27. The highest BCUT2D eigenvalue weighted by atomic mass is 16.5. The van der Waals surface area contributed by atoms with Gasteiger partial charge in [0.25, 0.3) is 12.4 Å². The SMILES string of the molecule is CCCN(CCC)C(=O)c1c(CC)n(C)c2ccccc12.Cc1ccc(OCCCN2CCCC2C)cc1.O=CO. The standard InChI is InChI=1S/C18H26N2O.C15H23NO.CH2O2/c1-5-12-20(13-6-2)18(21)17-14-10-8-9-11-16(14)19(4)15(17)7-3;1-13-6-8-15(9-7-13)17-12-4-11-16-10-3-5-14(16)2;2-1-3/h8-11H,5-7,12-13H2,1-4H3;6-9,14H,3-5,10-12H2,1-2H3;1H,(H,2,3). The minimum atomic E-state index is -0.250. The van der Waals surface area contributed by atoms with E-state index in [0.29, 0.717) is 0 Å². The van der Waals surface area contributed by atoms with Crippen LogP contribution in [0.2, 0.25) is 0 Å². The molecule has 7 heteroatoms. The van der Waals surface area contributed by atoms with Crippen LogP contribution in [0.25, 0.3) is 10.9 Å². The molecule has 226 valence electrons. The van der Waals surface area contributed by atoms with E-state index in [-0.39, 0.29) is 12.4 Å². The molecule has 41 heavy (non-hydrogen) atoms. The molecule has 0 spiro atoms. The average molecular weight is 566 g/mol. The fraction of sp³-hybridized carbons (Fsp3) is 0.529. The second-order valence-electron chi connectivity index (χ2n) is 10.7. The summed E-state index contributed by atoms with van der Waals surface area (Å²) in [6, 6.07) is 17.3. The number of nitrogens with zero attached hydrogens (tertiary/aromatic N) is 3. The van der Waals surface area contributed by atoms with E-state index in [9.17, 15) is 4.79 Å². The van der Waals surface area contributed by atoms with Crippen LogP contribution in [0.1, 0.15) is 81.4 Å². The van der Waals surface area contributed by atoms with Gasteiger partial charge in [0.1, 0.15) is 5.75 Å². The van der Waals surface area contributed by atoms with Crippen molar-refractivity contribution in [2.45, 2.75) is 79.2 Å². The fourth-order valence-corrected chi connectivity index (χ4v) is 5.53. The van der Waals surface area contributed by atoms with Crippen LogP contribution in [0.5, 0.6) is 5.75 Å². The normalized spacial score (nSPS) is 14.5. The molecule has 3 aromatic rings. The molecule has 1 aliphatic heterocycles. The number of carboxylic acid groups (broad SMARTS) is 1. The Balaban J connectivity index is 0.000000266. The summed E-state index contributed by atoms with van der Waals surface area (Å²) in [4.78, 5) is 26.0. The Labute approximate surface area is 247 Å². The largest absolute Gasteiger partial charge is 0.494 e. The van der Waals surface area contributed by atoms with E-state index < -0.39 is 0 Å². The lowest BCUT2D eigenvalue weighted by Crippen LogP contribution is -2.33. The summed E-state index contributed by atoms with van der Waals surface area (Å²) in [6.45, 7) is 15.5. The smallest absolute Gasteiger partial charge is 0.290 e. The van der Waals surface area contributed by atoms with E-state index in [1.807, 2.05) is 29.2 Å². The zero-order valence-corrected chi connectivity index (χ0v) is 26.1. The number of amides is 1. The topological polar surface area (TPSA) is 75.0 Å². The third-order valence-corrected chi connectivity index (χ3v) is 7.62. The van der Waals surface area contributed by atoms with Crippen molar-refractivity contribution in [3.63, 3.8) is 0 Å². The number of hydrogen-bond donors (Lipinski definition) is 1. The number of hydrogen-bond acceptors (Lipinski definition) is 4. The van der Waals surface area contributed by atoms with Crippen molar-refractivity contribution in [1.82, 2.24) is 14.4 Å². The highest BCUT2D eigenvalue weighted by Gasteiger charge is 2.23. The Morgan fingerprint density at radius 3 is 2.27 bits per heavy atom. The van der Waals surface area contributed by atoms with E-state index in [1.54, 1.807) is 0 Å². The van der Waals surface area contributed by atoms with Gasteiger partial charge in [0.05, 0.1) is 12.2 Å². The third kappa shape index (κ3) is 9.92. The predicted molar refractivity (Wildman–Crippen MR) is 169 cm³/mol. The van der Waals surface area contributed by atoms with E-state index >= 15 is 0 Å². The van der Waals surface area contributed by atoms with Gasteiger partial charge in [-0.3, -0.25) is 9.59 Å². The molecule has 2 heterocycles. The first-order valence-electron chi connectivity index (χ1n) is 15.2. The maximum absolute atomic E-state index is 13.0. The molecule has 1 unspecified atom stereocenters. The van der Waals surface area contributed by atoms with Gasteiger partial charge >= 0.3 is 0 Å². The van der Waals surface area contributed by atoms with Crippen LogP contribution in [0.4, 0.5) is 0 Å². The minimum absolute atomic E-state index is 0.187. The maximum Gasteiger partial charge on any atom is 0.290 e. The molecule has 1 aromatic heterocycles. The van der Waals surface area contributed by atoms with Gasteiger partial charge in [-0.15, -0.1) is 0 Å². The Hall–Kier alpha value is -3.32. The second kappa shape index (κ2) is 18.2. The molecule has 1 atom stereocenters. The Bertz CT molecular complexity index is 1180. The number of para-hydroxylation sites is 1. The lowest BCUT2D eigenvalue weighted by atomic mass is 10.1. The molecule has 0 saturated carbocycles. The lowest BCUT2D eigenvalue weighted by molar-refractivity contribution is -0.122. The first-order chi connectivity index (χ1) is 19.8. The fourth-order valence-electron chi connectivity index (χ4n) is 5.53. The summed E-state index contributed by atoms with van der Waals surface area (Å²) in [7, 11) is 2.06. The van der Waals surface area contributed by atoms with Gasteiger partial charge in [-0.2, -0.15) is 0 Å². The highest BCUT2D eigenvalue weighted by molar-refractivity contribution is 6.08. The van der Waals surface area contributed by atoms with Gasteiger partial charge in [-0.05, 0) is 77.1 Å². The van der Waals surface area contributed by atoms with Gasteiger partial charge in [0.15, 0.2) is 0 Å². The lowest BCUT2D eigenvalue weighted by Gasteiger charge is -2.22. The number of likely N-dealkylation sites (tertiary alicyclic amines) is 1. The minimum Gasteiger partial charge on any atom is -0.494 e. The summed E-state index contributed by atoms with van der Waals surface area (Å²) in [5.74, 6) is 1.18. The van der Waals surface area contributed by atoms with Crippen molar-refractivity contribution in [3.8, 4) is 5.75 Å². The zero-order valence-electron chi connectivity index (χ0n) is 26.1. The predicted octanol–water partition coefficient (Wildman–Crippen LogP) is 6.95. The van der Waals surface area contributed by atoms with Crippen molar-refractivity contribution >= 4 is 23.3 Å². The molecule has 4 rings (SSSR count). The summed E-state index contributed by atoms with van der Waals surface area (Å²) < 4.78 is 7.89. The molecule has 2 aromatic carbocycles. The Morgan fingerprint density at radius 2 is 1.71 bits per heavy atom. The first-order valence-corrected chi connectivity index (χ1v) is 15.2. The Kier molecular flexibility index (Phi) is 15.0. The number of aromatic nitrogens is 1. The number of benzene rings is 2. The van der Waals surface area contributed by atoms with Crippen LogP contribution < -0.4 is 4.74 Å². The van der Waals surface area contributed by atoms with E-state index in [0.717, 1.165) is 79.3 Å². The average Bonchev–Trinajstić information content (AvgIpc) is 3.52. The molecule has 0 bridgehead atoms. The summed E-state index contributed by atoms with van der Waals surface area (Å²) >= 11 is 0. The van der Waals surface area contributed by atoms with Gasteiger partial charge in [0.2, 0.25) is 0 Å². The first kappa shape index (κ1) is 33.9. The van der Waals surface area contributed by atoms with Gasteiger partial charge in [-0.1, -0.05) is 56.7 Å². The van der Waals surface area contributed by atoms with Crippen molar-refractivity contribution in [2.24, 2.45) is 7.05 Å². The molecule has 1 N–H and O–H groups in total. The van der Waals surface area contributed by atoms with Crippen LogP contribution in [0.3, 0.4) is 0 Å². The van der Waals surface area contributed by atoms with Crippen molar-refractivity contribution in [2.75, 3.05) is 32.8 Å². The van der Waals surface area contributed by atoms with Crippen LogP contribution in [-0.2, 0) is 18.3 Å². The number of aryl methyl sites for hydroxylation is 2. The van der Waals surface area contributed by atoms with Crippen LogP contribution >= 0.6 is 0 Å². The Morgan fingerprint density at radius 1 is 1.07 bits per heavy atom. The van der Waals surface area contributed by atoms with E-state index in [2.05, 4.69) is 75.4 Å². The number of fused-ring (bicyclic) bond motifs is 1. The molecular weight excluding hydrogens is 514 g/mol. The van der Waals surface area contributed by atoms with Crippen molar-refractivity contribution < 1.29 is 19.4 Å². The quantitative estimate of drug-likeness (QED) is 0.201. The number of carbonyl (C=O) groups excluding carboxylic acids is 1. The van der Waals surface area contributed by atoms with Crippen LogP contribution in [-0.4, -0.2) is 70.7 Å². The molecule has 1 fully saturated rings. The van der Waals surface area contributed by atoms with Crippen molar-refractivity contribution in [3.05, 3.63) is 65.4 Å². The molecule has 0 radical (unpaired) electrons. The van der Waals surface area contributed by atoms with Gasteiger partial charge in [0, 0.05) is 49.3 Å². The van der Waals surface area contributed by atoms with Crippen LogP contribution in [0.15, 0.2) is 48.5 Å². The molecule has 0 aliphatic carbocycles.